The molecule has 20 heavy (non-hydrogen) atoms. The Hall–Kier alpha value is -0.770. The molecule has 2 fully saturated rings. The third kappa shape index (κ3) is 4.65. The van der Waals surface area contributed by atoms with Crippen LogP contribution in [-0.2, 0) is 4.74 Å². The summed E-state index contributed by atoms with van der Waals surface area (Å²) in [5, 5.41) is 6.79. The highest BCUT2D eigenvalue weighted by Gasteiger charge is 2.31. The standard InChI is InChI=1S/C16H30N2O2/c1-11-6-5-7-14(11)17-12-8-9-13(10-12)18-15(19)20-16(2,3)4/h11-14,17H,5-10H2,1-4H3,(H,18,19). The third-order valence-corrected chi connectivity index (χ3v) is 4.46. The molecular weight excluding hydrogens is 252 g/mol. The lowest BCUT2D eigenvalue weighted by molar-refractivity contribution is 0.0505. The van der Waals surface area contributed by atoms with Gasteiger partial charge in [-0.3, -0.25) is 0 Å². The second-order valence-electron chi connectivity index (χ2n) is 7.53. The number of hydrogen-bond acceptors (Lipinski definition) is 3. The zero-order valence-electron chi connectivity index (χ0n) is 13.4. The van der Waals surface area contributed by atoms with Crippen LogP contribution in [-0.4, -0.2) is 29.8 Å². The van der Waals surface area contributed by atoms with Crippen molar-refractivity contribution in [3.8, 4) is 0 Å². The minimum Gasteiger partial charge on any atom is -0.444 e. The largest absolute Gasteiger partial charge is 0.444 e. The Labute approximate surface area is 123 Å². The first-order valence-corrected chi connectivity index (χ1v) is 8.09. The van der Waals surface area contributed by atoms with Gasteiger partial charge in [0.15, 0.2) is 0 Å². The van der Waals surface area contributed by atoms with E-state index in [2.05, 4.69) is 17.6 Å². The Bertz CT molecular complexity index is 338. The summed E-state index contributed by atoms with van der Waals surface area (Å²) in [5.41, 5.74) is -0.417. The molecule has 4 atom stereocenters. The molecule has 0 aromatic rings. The van der Waals surface area contributed by atoms with Gasteiger partial charge in [-0.1, -0.05) is 13.3 Å². The van der Waals surface area contributed by atoms with E-state index in [1.165, 1.54) is 19.3 Å². The minimum absolute atomic E-state index is 0.263. The van der Waals surface area contributed by atoms with Crippen molar-refractivity contribution in [2.45, 2.75) is 89.9 Å². The molecule has 2 rings (SSSR count). The molecule has 4 heteroatoms. The number of rotatable bonds is 3. The first kappa shape index (κ1) is 15.6. The van der Waals surface area contributed by atoms with E-state index in [1.54, 1.807) is 0 Å². The normalized spacial score (nSPS) is 34.2. The Morgan fingerprint density at radius 1 is 1.10 bits per heavy atom. The monoisotopic (exact) mass is 282 g/mol. The molecule has 2 saturated carbocycles. The lowest BCUT2D eigenvalue weighted by Gasteiger charge is -2.23. The molecule has 1 amide bonds. The van der Waals surface area contributed by atoms with E-state index in [4.69, 9.17) is 4.74 Å². The van der Waals surface area contributed by atoms with Crippen LogP contribution in [0.25, 0.3) is 0 Å². The fourth-order valence-electron chi connectivity index (χ4n) is 3.43. The maximum atomic E-state index is 11.8. The molecule has 4 nitrogen and oxygen atoms in total. The van der Waals surface area contributed by atoms with Crippen molar-refractivity contribution in [2.24, 2.45) is 5.92 Å². The SMILES string of the molecule is CC1CCCC1NC1CCC(NC(=O)OC(C)(C)C)C1. The van der Waals surface area contributed by atoms with Crippen LogP contribution in [0.2, 0.25) is 0 Å². The highest BCUT2D eigenvalue weighted by molar-refractivity contribution is 5.68. The number of amides is 1. The first-order valence-electron chi connectivity index (χ1n) is 8.09. The molecule has 0 aromatic carbocycles. The van der Waals surface area contributed by atoms with Crippen molar-refractivity contribution in [3.63, 3.8) is 0 Å². The molecule has 0 spiro atoms. The van der Waals surface area contributed by atoms with Gasteiger partial charge in [-0.15, -0.1) is 0 Å². The summed E-state index contributed by atoms with van der Waals surface area (Å²) < 4.78 is 5.31. The first-order chi connectivity index (χ1) is 9.33. The summed E-state index contributed by atoms with van der Waals surface area (Å²) in [6, 6.07) is 1.50. The second-order valence-corrected chi connectivity index (χ2v) is 7.53. The number of alkyl carbamates (subject to hydrolysis) is 1. The van der Waals surface area contributed by atoms with Gasteiger partial charge in [0, 0.05) is 18.1 Å². The smallest absolute Gasteiger partial charge is 0.407 e. The molecule has 0 saturated heterocycles. The van der Waals surface area contributed by atoms with Gasteiger partial charge in [-0.2, -0.15) is 0 Å². The van der Waals surface area contributed by atoms with Gasteiger partial charge in [0.05, 0.1) is 0 Å². The minimum atomic E-state index is -0.417. The fraction of sp³-hybridized carbons (Fsp3) is 0.938. The highest BCUT2D eigenvalue weighted by atomic mass is 16.6. The fourth-order valence-corrected chi connectivity index (χ4v) is 3.43. The van der Waals surface area contributed by atoms with Crippen LogP contribution in [0, 0.1) is 5.92 Å². The Balaban J connectivity index is 1.71. The lowest BCUT2D eigenvalue weighted by Crippen LogP contribution is -2.41. The van der Waals surface area contributed by atoms with Gasteiger partial charge in [0.2, 0.25) is 0 Å². The number of carbonyl (C=O) groups is 1. The van der Waals surface area contributed by atoms with Crippen LogP contribution in [0.15, 0.2) is 0 Å². The summed E-state index contributed by atoms with van der Waals surface area (Å²) in [4.78, 5) is 11.8. The van der Waals surface area contributed by atoms with Gasteiger partial charge in [-0.05, 0) is 58.8 Å². The summed E-state index contributed by atoms with van der Waals surface area (Å²) in [6.07, 6.45) is 6.97. The van der Waals surface area contributed by atoms with Crippen LogP contribution < -0.4 is 10.6 Å². The average molecular weight is 282 g/mol. The van der Waals surface area contributed by atoms with Crippen LogP contribution in [0.4, 0.5) is 4.79 Å². The maximum Gasteiger partial charge on any atom is 0.407 e. The van der Waals surface area contributed by atoms with Crippen molar-refractivity contribution in [2.75, 3.05) is 0 Å². The maximum absolute atomic E-state index is 11.8. The van der Waals surface area contributed by atoms with Crippen molar-refractivity contribution in [3.05, 3.63) is 0 Å². The zero-order chi connectivity index (χ0) is 14.8. The Kier molecular flexibility index (Phi) is 4.95. The quantitative estimate of drug-likeness (QED) is 0.835. The van der Waals surface area contributed by atoms with Crippen molar-refractivity contribution in [1.29, 1.82) is 0 Å². The van der Waals surface area contributed by atoms with E-state index in [9.17, 15) is 4.79 Å². The van der Waals surface area contributed by atoms with Crippen molar-refractivity contribution >= 4 is 6.09 Å². The van der Waals surface area contributed by atoms with E-state index >= 15 is 0 Å². The molecule has 0 aliphatic heterocycles. The molecule has 116 valence electrons. The zero-order valence-corrected chi connectivity index (χ0v) is 13.4. The molecule has 4 unspecified atom stereocenters. The highest BCUT2D eigenvalue weighted by Crippen LogP contribution is 2.28. The summed E-state index contributed by atoms with van der Waals surface area (Å²) in [5.74, 6) is 0.799. The molecular formula is C16H30N2O2. The van der Waals surface area contributed by atoms with Gasteiger partial charge in [-0.25, -0.2) is 4.79 Å². The molecule has 0 radical (unpaired) electrons. The molecule has 2 aliphatic rings. The van der Waals surface area contributed by atoms with E-state index < -0.39 is 5.60 Å². The summed E-state index contributed by atoms with van der Waals surface area (Å²) >= 11 is 0. The lowest BCUT2D eigenvalue weighted by atomic mass is 10.0. The topological polar surface area (TPSA) is 50.4 Å². The van der Waals surface area contributed by atoms with E-state index in [0.717, 1.165) is 25.2 Å². The number of hydrogen-bond donors (Lipinski definition) is 2. The Morgan fingerprint density at radius 3 is 2.40 bits per heavy atom. The molecule has 0 bridgehead atoms. The molecule has 0 aromatic heterocycles. The molecule has 2 aliphatic carbocycles. The van der Waals surface area contributed by atoms with Gasteiger partial charge in [0.1, 0.15) is 5.60 Å². The molecule has 0 heterocycles. The number of carbonyl (C=O) groups excluding carboxylic acids is 1. The van der Waals surface area contributed by atoms with Gasteiger partial charge < -0.3 is 15.4 Å². The van der Waals surface area contributed by atoms with Crippen LogP contribution in [0.1, 0.15) is 66.2 Å². The second kappa shape index (κ2) is 6.33. The predicted octanol–water partition coefficient (Wildman–Crippen LogP) is 3.21. The number of nitrogens with one attached hydrogen (secondary N) is 2. The van der Waals surface area contributed by atoms with E-state index in [0.29, 0.717) is 12.1 Å². The summed E-state index contributed by atoms with van der Waals surface area (Å²) in [7, 11) is 0. The van der Waals surface area contributed by atoms with Crippen molar-refractivity contribution < 1.29 is 9.53 Å². The third-order valence-electron chi connectivity index (χ3n) is 4.46. The number of ether oxygens (including phenoxy) is 1. The molecule has 2 N–H and O–H groups in total. The Morgan fingerprint density at radius 2 is 1.80 bits per heavy atom. The average Bonchev–Trinajstić information content (AvgIpc) is 2.87. The van der Waals surface area contributed by atoms with Crippen LogP contribution >= 0.6 is 0 Å². The van der Waals surface area contributed by atoms with Gasteiger partial charge >= 0.3 is 6.09 Å². The predicted molar refractivity (Wildman–Crippen MR) is 80.7 cm³/mol. The van der Waals surface area contributed by atoms with Crippen LogP contribution in [0.3, 0.4) is 0 Å². The van der Waals surface area contributed by atoms with E-state index in [1.807, 2.05) is 20.8 Å². The van der Waals surface area contributed by atoms with Crippen molar-refractivity contribution in [1.82, 2.24) is 10.6 Å². The van der Waals surface area contributed by atoms with E-state index in [-0.39, 0.29) is 12.1 Å². The summed E-state index contributed by atoms with van der Waals surface area (Å²) in [6.45, 7) is 8.03. The van der Waals surface area contributed by atoms with Gasteiger partial charge in [0.25, 0.3) is 0 Å². The van der Waals surface area contributed by atoms with Crippen LogP contribution in [0.5, 0.6) is 0 Å².